The van der Waals surface area contributed by atoms with Crippen molar-refractivity contribution in [2.24, 2.45) is 0 Å². The van der Waals surface area contributed by atoms with E-state index in [4.69, 9.17) is 0 Å². The number of quaternary nitrogens is 2. The van der Waals surface area contributed by atoms with E-state index in [1.54, 1.807) is 0 Å². The summed E-state index contributed by atoms with van der Waals surface area (Å²) in [5, 5.41) is 5.52. The Labute approximate surface area is 148 Å². The lowest BCUT2D eigenvalue weighted by Gasteiger charge is -2.36. The van der Waals surface area contributed by atoms with Crippen molar-refractivity contribution in [2.45, 2.75) is 41.5 Å². The zero-order chi connectivity index (χ0) is 18.6. The maximum atomic E-state index is 11.9. The van der Waals surface area contributed by atoms with Crippen molar-refractivity contribution in [1.29, 1.82) is 0 Å². The average Bonchev–Trinajstić information content (AvgIpc) is 2.63. The van der Waals surface area contributed by atoms with E-state index in [-0.39, 0.29) is 0 Å². The second-order valence-electron chi connectivity index (χ2n) is 6.54. The Bertz CT molecular complexity index is 325. The van der Waals surface area contributed by atoms with Crippen LogP contribution in [-0.4, -0.2) is 86.2 Å². The molecule has 0 aromatic rings. The van der Waals surface area contributed by atoms with Crippen LogP contribution in [0.2, 0.25) is 0 Å². The van der Waals surface area contributed by atoms with Gasteiger partial charge in [0.15, 0.2) is 0 Å². The molecule has 0 unspecified atom stereocenters. The molecule has 6 heteroatoms. The number of likely N-dealkylation sites (N-methyl/N-ethyl adjacent to an activating group) is 2. The number of hydrogen-bond acceptors (Lipinski definition) is 2. The van der Waals surface area contributed by atoms with Crippen molar-refractivity contribution < 1.29 is 18.6 Å². The van der Waals surface area contributed by atoms with Crippen LogP contribution in [0.4, 0.5) is 0 Å². The molecule has 0 saturated heterocycles. The fraction of sp³-hybridized carbons (Fsp3) is 0.889. The van der Waals surface area contributed by atoms with Gasteiger partial charge in [0.05, 0.1) is 65.4 Å². The van der Waals surface area contributed by atoms with Crippen molar-refractivity contribution in [3.8, 4) is 0 Å². The zero-order valence-corrected chi connectivity index (χ0v) is 16.8. The molecule has 0 radical (unpaired) electrons. The first kappa shape index (κ1) is 22.9. The van der Waals surface area contributed by atoms with Crippen LogP contribution in [0.25, 0.3) is 0 Å². The lowest BCUT2D eigenvalue weighted by atomic mass is 10.3. The summed E-state index contributed by atoms with van der Waals surface area (Å²) in [6.07, 6.45) is 0. The fourth-order valence-electron chi connectivity index (χ4n) is 3.26. The van der Waals surface area contributed by atoms with E-state index < -0.39 is 11.8 Å². The SMILES string of the molecule is CC[N+](CC)(CC)CCNC(=O)C(=O)NCC[N+](CC)(CC)CC. The summed E-state index contributed by atoms with van der Waals surface area (Å²) in [7, 11) is 0. The molecule has 0 spiro atoms. The molecule has 0 aromatic carbocycles. The Kier molecular flexibility index (Phi) is 10.9. The van der Waals surface area contributed by atoms with Gasteiger partial charge in [0, 0.05) is 0 Å². The largest absolute Gasteiger partial charge is 0.342 e. The minimum atomic E-state index is -0.515. The van der Waals surface area contributed by atoms with Crippen LogP contribution in [0.1, 0.15) is 41.5 Å². The molecule has 0 heterocycles. The van der Waals surface area contributed by atoms with Gasteiger partial charge in [-0.2, -0.15) is 0 Å². The van der Waals surface area contributed by atoms with Gasteiger partial charge in [-0.25, -0.2) is 0 Å². The maximum absolute atomic E-state index is 11.9. The van der Waals surface area contributed by atoms with E-state index in [9.17, 15) is 9.59 Å². The van der Waals surface area contributed by atoms with Crippen LogP contribution in [0.5, 0.6) is 0 Å². The topological polar surface area (TPSA) is 58.2 Å². The van der Waals surface area contributed by atoms with Crippen molar-refractivity contribution in [3.63, 3.8) is 0 Å². The standard InChI is InChI=1S/C18H38N4O2/c1-7-21(8-2,9-3)15-13-19-17(23)18(24)20-14-16-22(10-4,11-5)12-6/h7-16H2,1-6H3/p+2. The van der Waals surface area contributed by atoms with Crippen LogP contribution in [0, 0.1) is 0 Å². The average molecular weight is 345 g/mol. The Morgan fingerprint density at radius 2 is 0.833 bits per heavy atom. The Hall–Kier alpha value is -1.14. The molecule has 0 aliphatic carbocycles. The quantitative estimate of drug-likeness (QED) is 0.409. The zero-order valence-electron chi connectivity index (χ0n) is 16.8. The van der Waals surface area contributed by atoms with Gasteiger partial charge < -0.3 is 19.6 Å². The molecule has 0 rings (SSSR count). The van der Waals surface area contributed by atoms with E-state index >= 15 is 0 Å². The summed E-state index contributed by atoms with van der Waals surface area (Å²) in [4.78, 5) is 23.8. The second kappa shape index (κ2) is 11.4. The van der Waals surface area contributed by atoms with E-state index in [0.717, 1.165) is 61.3 Å². The molecule has 0 fully saturated rings. The molecule has 2 N–H and O–H groups in total. The number of carbonyl (C=O) groups excluding carboxylic acids is 2. The van der Waals surface area contributed by atoms with Gasteiger partial charge >= 0.3 is 11.8 Å². The minimum Gasteiger partial charge on any atom is -0.342 e. The number of rotatable bonds is 12. The minimum absolute atomic E-state index is 0.515. The molecule has 6 nitrogen and oxygen atoms in total. The van der Waals surface area contributed by atoms with Gasteiger partial charge in [-0.3, -0.25) is 9.59 Å². The van der Waals surface area contributed by atoms with Gasteiger partial charge in [0.2, 0.25) is 0 Å². The Morgan fingerprint density at radius 1 is 0.583 bits per heavy atom. The highest BCUT2D eigenvalue weighted by Crippen LogP contribution is 2.05. The van der Waals surface area contributed by atoms with E-state index in [2.05, 4.69) is 52.2 Å². The second-order valence-corrected chi connectivity index (χ2v) is 6.54. The first-order chi connectivity index (χ1) is 11.4. The lowest BCUT2D eigenvalue weighted by Crippen LogP contribution is -2.54. The highest BCUT2D eigenvalue weighted by molar-refractivity contribution is 6.35. The summed E-state index contributed by atoms with van der Waals surface area (Å²) in [6, 6.07) is 0. The monoisotopic (exact) mass is 344 g/mol. The van der Waals surface area contributed by atoms with Crippen molar-refractivity contribution >= 4 is 11.8 Å². The lowest BCUT2D eigenvalue weighted by molar-refractivity contribution is -0.922. The number of amides is 2. The third-order valence-corrected chi connectivity index (χ3v) is 5.97. The first-order valence-corrected chi connectivity index (χ1v) is 9.64. The molecule has 2 amide bonds. The van der Waals surface area contributed by atoms with Crippen LogP contribution in [-0.2, 0) is 9.59 Å². The van der Waals surface area contributed by atoms with Crippen molar-refractivity contribution in [3.05, 3.63) is 0 Å². The van der Waals surface area contributed by atoms with Gasteiger partial charge in [0.25, 0.3) is 0 Å². The van der Waals surface area contributed by atoms with Gasteiger partial charge in [-0.05, 0) is 41.5 Å². The normalized spacial score (nSPS) is 12.1. The smallest absolute Gasteiger partial charge is 0.309 e. The molecule has 0 saturated carbocycles. The number of hydrogen-bond donors (Lipinski definition) is 2. The highest BCUT2D eigenvalue weighted by atomic mass is 16.2. The van der Waals surface area contributed by atoms with Crippen molar-refractivity contribution in [1.82, 2.24) is 10.6 Å². The van der Waals surface area contributed by atoms with Crippen molar-refractivity contribution in [2.75, 3.05) is 65.4 Å². The fourth-order valence-corrected chi connectivity index (χ4v) is 3.26. The molecular formula is C18H40N4O2+2. The third kappa shape index (κ3) is 6.77. The molecule has 24 heavy (non-hydrogen) atoms. The summed E-state index contributed by atoms with van der Waals surface area (Å²) < 4.78 is 1.93. The molecule has 142 valence electrons. The van der Waals surface area contributed by atoms with E-state index in [0.29, 0.717) is 13.1 Å². The Balaban J connectivity index is 4.23. The molecular weight excluding hydrogens is 304 g/mol. The summed E-state index contributed by atoms with van der Waals surface area (Å²) >= 11 is 0. The number of nitrogens with one attached hydrogen (secondary N) is 2. The van der Waals surface area contributed by atoms with Gasteiger partial charge in [-0.1, -0.05) is 0 Å². The summed E-state index contributed by atoms with van der Waals surface area (Å²) in [6.45, 7) is 22.1. The van der Waals surface area contributed by atoms with Crippen LogP contribution >= 0.6 is 0 Å². The van der Waals surface area contributed by atoms with Crippen LogP contribution < -0.4 is 10.6 Å². The molecule has 0 bridgehead atoms. The number of nitrogens with zero attached hydrogens (tertiary/aromatic N) is 2. The molecule has 0 atom stereocenters. The predicted molar refractivity (Wildman–Crippen MR) is 99.5 cm³/mol. The van der Waals surface area contributed by atoms with Crippen LogP contribution in [0.3, 0.4) is 0 Å². The van der Waals surface area contributed by atoms with Gasteiger partial charge in [-0.15, -0.1) is 0 Å². The third-order valence-electron chi connectivity index (χ3n) is 5.97. The Morgan fingerprint density at radius 3 is 1.04 bits per heavy atom. The first-order valence-electron chi connectivity index (χ1n) is 9.64. The molecule has 0 aromatic heterocycles. The molecule has 0 aliphatic rings. The number of carbonyl (C=O) groups is 2. The molecule has 0 aliphatic heterocycles. The highest BCUT2D eigenvalue weighted by Gasteiger charge is 2.23. The maximum Gasteiger partial charge on any atom is 0.309 e. The van der Waals surface area contributed by atoms with Crippen LogP contribution in [0.15, 0.2) is 0 Å². The summed E-state index contributed by atoms with van der Waals surface area (Å²) in [5.74, 6) is -1.03. The van der Waals surface area contributed by atoms with E-state index in [1.165, 1.54) is 0 Å². The van der Waals surface area contributed by atoms with Gasteiger partial charge in [0.1, 0.15) is 0 Å². The van der Waals surface area contributed by atoms with E-state index in [1.807, 2.05) is 0 Å². The predicted octanol–water partition coefficient (Wildman–Crippen LogP) is 0.972. The summed E-state index contributed by atoms with van der Waals surface area (Å²) in [5.41, 5.74) is 0.